The Morgan fingerprint density at radius 3 is 1.18 bits per heavy atom. The molecule has 0 bridgehead atoms. The van der Waals surface area contributed by atoms with Crippen LogP contribution < -0.4 is 70.0 Å². The Labute approximate surface area is 371 Å². The number of hydrogen-bond acceptors (Lipinski definition) is 12. The molecule has 4 aliphatic rings. The average molecular weight is 849 g/mol. The quantitative estimate of drug-likeness (QED) is 0.132. The predicted molar refractivity (Wildman–Crippen MR) is 207 cm³/mol. The van der Waals surface area contributed by atoms with Crippen molar-refractivity contribution in [3.8, 4) is 54.6 Å². The van der Waals surface area contributed by atoms with E-state index in [9.17, 15) is 45.7 Å². The fourth-order valence-corrected chi connectivity index (χ4v) is 9.75. The zero-order chi connectivity index (χ0) is 36.9. The third-order valence-corrected chi connectivity index (χ3v) is 12.2. The molecule has 0 fully saturated rings. The van der Waals surface area contributed by atoms with Gasteiger partial charge in [0.15, 0.2) is 10.9 Å². The molecule has 0 radical (unpaired) electrons. The Bertz CT molecular complexity index is 2800. The van der Waals surface area contributed by atoms with Crippen LogP contribution in [0.4, 0.5) is 0 Å². The minimum Gasteiger partial charge on any atom is -0.744 e. The second-order valence-electron chi connectivity index (χ2n) is 11.5. The van der Waals surface area contributed by atoms with E-state index in [2.05, 4.69) is 0 Å². The summed E-state index contributed by atoms with van der Waals surface area (Å²) in [4.78, 5) is 24.2. The molecule has 2 aliphatic heterocycles. The SMILES string of the molecule is O.O.O=c1ccc2c(-c3ccccc3S(=O)(=O)[O-])c3ccc(O)cc3sc-2c1.O=c1ccc2c(-c3ccccc3S(=O)(=O)[O-])c3ccc(O)cc3sc-2c1.[Na+].[Na+]. The summed E-state index contributed by atoms with van der Waals surface area (Å²) in [5, 5.41) is 21.0. The summed E-state index contributed by atoms with van der Waals surface area (Å²) in [6.07, 6.45) is 0. The molecule has 0 amide bonds. The van der Waals surface area contributed by atoms with E-state index in [0.29, 0.717) is 52.2 Å². The minimum absolute atomic E-state index is 0. The zero-order valence-corrected chi connectivity index (χ0v) is 36.6. The molecule has 6 N–H and O–H groups in total. The fraction of sp³-hybridized carbons (Fsp3) is 0. The van der Waals surface area contributed by atoms with E-state index < -0.39 is 20.2 Å². The first-order chi connectivity index (χ1) is 24.7. The van der Waals surface area contributed by atoms with E-state index in [1.807, 2.05) is 0 Å². The van der Waals surface area contributed by atoms with Gasteiger partial charge in [-0.25, -0.2) is 16.8 Å². The fourth-order valence-electron chi connectivity index (χ4n) is 6.08. The molecule has 8 rings (SSSR count). The number of rotatable bonds is 4. The van der Waals surface area contributed by atoms with Gasteiger partial charge in [0.05, 0.1) is 9.79 Å². The molecule has 2 heterocycles. The van der Waals surface area contributed by atoms with Gasteiger partial charge in [-0.1, -0.05) is 36.4 Å². The maximum Gasteiger partial charge on any atom is 1.00 e. The summed E-state index contributed by atoms with van der Waals surface area (Å²) in [6.45, 7) is 0. The summed E-state index contributed by atoms with van der Waals surface area (Å²) < 4.78 is 71.9. The molecule has 276 valence electrons. The maximum atomic E-state index is 11.8. The third-order valence-electron chi connectivity index (χ3n) is 8.21. The van der Waals surface area contributed by atoms with Crippen molar-refractivity contribution in [2.24, 2.45) is 0 Å². The molecule has 4 aromatic carbocycles. The van der Waals surface area contributed by atoms with Crippen molar-refractivity contribution in [2.75, 3.05) is 0 Å². The largest absolute Gasteiger partial charge is 1.00 e. The van der Waals surface area contributed by atoms with E-state index in [4.69, 9.17) is 0 Å². The molecule has 0 atom stereocenters. The Morgan fingerprint density at radius 1 is 0.464 bits per heavy atom. The van der Waals surface area contributed by atoms with Gasteiger partial charge in [-0.05, 0) is 72.8 Å². The van der Waals surface area contributed by atoms with Gasteiger partial charge in [0.2, 0.25) is 0 Å². The van der Waals surface area contributed by atoms with Crippen molar-refractivity contribution in [1.82, 2.24) is 0 Å². The molecule has 0 saturated carbocycles. The van der Waals surface area contributed by atoms with Crippen LogP contribution in [-0.2, 0) is 20.2 Å². The van der Waals surface area contributed by atoms with Crippen LogP contribution in [0.15, 0.2) is 141 Å². The van der Waals surface area contributed by atoms with Crippen LogP contribution >= 0.6 is 22.7 Å². The van der Waals surface area contributed by atoms with Crippen LogP contribution in [0, 0.1) is 0 Å². The van der Waals surface area contributed by atoms with Crippen molar-refractivity contribution in [3.05, 3.63) is 142 Å². The van der Waals surface area contributed by atoms with E-state index in [-0.39, 0.29) is 113 Å². The Balaban J connectivity index is 0.000000280. The van der Waals surface area contributed by atoms with Gasteiger partial charge in [-0.2, -0.15) is 0 Å². The van der Waals surface area contributed by atoms with Crippen molar-refractivity contribution in [3.63, 3.8) is 0 Å². The van der Waals surface area contributed by atoms with Crippen LogP contribution in [0.3, 0.4) is 0 Å². The molecule has 2 aliphatic carbocycles. The molecular weight excluding hydrogens is 823 g/mol. The summed E-state index contributed by atoms with van der Waals surface area (Å²) in [5.41, 5.74) is 2.62. The number of benzene rings is 6. The standard InChI is InChI=1S/2C19H12O5S2.2Na.2H2O/c2*20-11-5-7-13-16(9-11)25-17-10-12(21)6-8-14(17)19(13)15-3-1-2-4-18(15)26(22,23)24;;;;/h2*1-10,20H,(H,22,23,24);;;2*1H2/q;;2*+1;;/p-2. The first-order valence-corrected chi connectivity index (χ1v) is 19.6. The molecule has 4 aromatic rings. The Hall–Kier alpha value is -3.56. The van der Waals surface area contributed by atoms with Crippen molar-refractivity contribution in [2.45, 2.75) is 9.79 Å². The van der Waals surface area contributed by atoms with Crippen molar-refractivity contribution < 1.29 is 106 Å². The number of phenolic OH excluding ortho intramolecular Hbond substituents is 2. The molecule has 18 heteroatoms. The Morgan fingerprint density at radius 2 is 0.821 bits per heavy atom. The van der Waals surface area contributed by atoms with Gasteiger partial charge in [-0.15, -0.1) is 22.7 Å². The maximum absolute atomic E-state index is 11.8. The van der Waals surface area contributed by atoms with Gasteiger partial charge in [0.1, 0.15) is 31.7 Å². The van der Waals surface area contributed by atoms with Crippen molar-refractivity contribution in [1.29, 1.82) is 0 Å². The van der Waals surface area contributed by atoms with Gasteiger partial charge >= 0.3 is 59.1 Å². The van der Waals surface area contributed by atoms with E-state index in [0.717, 1.165) is 0 Å². The molecule has 12 nitrogen and oxygen atoms in total. The molecular formula is C38H26Na2O12S4. The van der Waals surface area contributed by atoms with Crippen LogP contribution in [0.2, 0.25) is 0 Å². The summed E-state index contributed by atoms with van der Waals surface area (Å²) >= 11 is 2.63. The first-order valence-electron chi connectivity index (χ1n) is 15.2. The summed E-state index contributed by atoms with van der Waals surface area (Å²) in [7, 11) is -9.39. The normalized spacial score (nSPS) is 11.0. The molecule has 56 heavy (non-hydrogen) atoms. The minimum atomic E-state index is -4.69. The number of aromatic hydroxyl groups is 2. The predicted octanol–water partition coefficient (Wildman–Crippen LogP) is -0.355. The second-order valence-corrected chi connectivity index (χ2v) is 16.4. The number of phenols is 2. The van der Waals surface area contributed by atoms with Gasteiger partial charge in [-0.3, -0.25) is 9.59 Å². The summed E-state index contributed by atoms with van der Waals surface area (Å²) in [5.74, 6) is 0.115. The van der Waals surface area contributed by atoms with E-state index in [1.54, 1.807) is 60.7 Å². The first kappa shape index (κ1) is 46.8. The third kappa shape index (κ3) is 9.41. The topological polar surface area (TPSA) is 252 Å². The summed E-state index contributed by atoms with van der Waals surface area (Å²) in [6, 6.07) is 30.4. The van der Waals surface area contributed by atoms with Crippen LogP contribution in [0.25, 0.3) is 63.3 Å². The van der Waals surface area contributed by atoms with Crippen LogP contribution in [0.1, 0.15) is 0 Å². The molecule has 0 aromatic heterocycles. The molecule has 0 unspecified atom stereocenters. The van der Waals surface area contributed by atoms with E-state index >= 15 is 0 Å². The Kier molecular flexibility index (Phi) is 15.3. The van der Waals surface area contributed by atoms with Gasteiger partial charge in [0.25, 0.3) is 0 Å². The molecule has 0 spiro atoms. The van der Waals surface area contributed by atoms with Gasteiger partial charge < -0.3 is 30.3 Å². The zero-order valence-electron chi connectivity index (χ0n) is 29.3. The van der Waals surface area contributed by atoms with Crippen molar-refractivity contribution >= 4 is 63.1 Å². The van der Waals surface area contributed by atoms with Crippen LogP contribution in [0.5, 0.6) is 11.5 Å². The average Bonchev–Trinajstić information content (AvgIpc) is 3.09. The molecule has 0 saturated heterocycles. The number of fused-ring (bicyclic) bond motifs is 4. The van der Waals surface area contributed by atoms with Gasteiger partial charge in [0, 0.05) is 75.4 Å². The smallest absolute Gasteiger partial charge is 0.744 e. The monoisotopic (exact) mass is 848 g/mol. The number of hydrogen-bond donors (Lipinski definition) is 2. The second kappa shape index (κ2) is 18.4. The van der Waals surface area contributed by atoms with E-state index in [1.165, 1.54) is 83.3 Å². The van der Waals surface area contributed by atoms with Crippen LogP contribution in [-0.4, -0.2) is 47.1 Å².